The average molecular weight is 298 g/mol. The van der Waals surface area contributed by atoms with Crippen molar-refractivity contribution in [3.63, 3.8) is 0 Å². The van der Waals surface area contributed by atoms with E-state index in [2.05, 4.69) is 50.8 Å². The first-order valence-corrected chi connectivity index (χ1v) is 8.70. The van der Waals surface area contributed by atoms with Crippen molar-refractivity contribution in [2.75, 3.05) is 7.11 Å². The monoisotopic (exact) mass is 298 g/mol. The van der Waals surface area contributed by atoms with E-state index in [0.717, 1.165) is 12.2 Å². The Morgan fingerprint density at radius 1 is 1.27 bits per heavy atom. The molecule has 2 rings (SSSR count). The Morgan fingerprint density at radius 3 is 2.50 bits per heavy atom. The molecule has 1 nitrogen and oxygen atoms in total. The summed E-state index contributed by atoms with van der Waals surface area (Å²) < 4.78 is 5.23. The second kappa shape index (κ2) is 8.22. The smallest absolute Gasteiger partial charge is 0.118 e. The zero-order chi connectivity index (χ0) is 15.9. The Kier molecular flexibility index (Phi) is 6.30. The molecule has 0 fully saturated rings. The van der Waals surface area contributed by atoms with Crippen LogP contribution >= 0.6 is 0 Å². The van der Waals surface area contributed by atoms with Gasteiger partial charge >= 0.3 is 0 Å². The number of hydrogen-bond donors (Lipinski definition) is 0. The molecule has 0 saturated heterocycles. The minimum atomic E-state index is 0.615. The van der Waals surface area contributed by atoms with Gasteiger partial charge in [-0.1, -0.05) is 62.6 Å². The first-order valence-electron chi connectivity index (χ1n) is 8.70. The van der Waals surface area contributed by atoms with Crippen molar-refractivity contribution in [3.05, 3.63) is 53.6 Å². The van der Waals surface area contributed by atoms with E-state index < -0.39 is 0 Å². The first kappa shape index (κ1) is 16.9. The number of ether oxygens (including phenoxy) is 1. The Bertz CT molecular complexity index is 509. The minimum absolute atomic E-state index is 0.615. The fourth-order valence-corrected chi connectivity index (χ4v) is 3.35. The lowest BCUT2D eigenvalue weighted by atomic mass is 9.72. The van der Waals surface area contributed by atoms with Crippen LogP contribution in [0.3, 0.4) is 0 Å². The summed E-state index contributed by atoms with van der Waals surface area (Å²) in [5, 5.41) is 0. The SMILES string of the molecule is C=C(C(CC)CCCC)C1CC=C1Cc1ccc(OC)cc1. The highest BCUT2D eigenvalue weighted by Crippen LogP contribution is 2.40. The quantitative estimate of drug-likeness (QED) is 0.511. The molecule has 0 saturated carbocycles. The van der Waals surface area contributed by atoms with E-state index in [-0.39, 0.29) is 0 Å². The van der Waals surface area contributed by atoms with Gasteiger partial charge in [-0.25, -0.2) is 0 Å². The lowest BCUT2D eigenvalue weighted by molar-refractivity contribution is 0.414. The summed E-state index contributed by atoms with van der Waals surface area (Å²) in [7, 11) is 1.71. The van der Waals surface area contributed by atoms with Crippen LogP contribution in [0.1, 0.15) is 51.5 Å². The molecule has 0 aliphatic heterocycles. The first-order chi connectivity index (χ1) is 10.7. The molecule has 0 bridgehead atoms. The molecular weight excluding hydrogens is 268 g/mol. The highest BCUT2D eigenvalue weighted by molar-refractivity contribution is 5.36. The number of allylic oxidation sites excluding steroid dienone is 3. The van der Waals surface area contributed by atoms with Gasteiger partial charge in [0.1, 0.15) is 5.75 Å². The molecule has 0 aromatic heterocycles. The van der Waals surface area contributed by atoms with Crippen molar-refractivity contribution in [1.29, 1.82) is 0 Å². The number of rotatable bonds is 9. The molecule has 22 heavy (non-hydrogen) atoms. The molecule has 0 heterocycles. The van der Waals surface area contributed by atoms with E-state index in [1.807, 2.05) is 0 Å². The Labute approximate surface area is 136 Å². The summed E-state index contributed by atoms with van der Waals surface area (Å²) in [4.78, 5) is 0. The van der Waals surface area contributed by atoms with Gasteiger partial charge in [0.2, 0.25) is 0 Å². The fraction of sp³-hybridized carbons (Fsp3) is 0.524. The normalized spacial score (nSPS) is 18.3. The maximum absolute atomic E-state index is 5.23. The number of methoxy groups -OCH3 is 1. The molecule has 1 aliphatic carbocycles. The van der Waals surface area contributed by atoms with Gasteiger partial charge in [0, 0.05) is 5.92 Å². The van der Waals surface area contributed by atoms with Gasteiger partial charge in [-0.05, 0) is 49.3 Å². The zero-order valence-corrected chi connectivity index (χ0v) is 14.4. The maximum atomic E-state index is 5.23. The molecule has 0 amide bonds. The van der Waals surface area contributed by atoms with E-state index in [1.54, 1.807) is 12.7 Å². The second-order valence-corrected chi connectivity index (χ2v) is 6.41. The molecule has 2 unspecified atom stereocenters. The number of unbranched alkanes of at least 4 members (excludes halogenated alkanes) is 1. The van der Waals surface area contributed by atoms with Gasteiger partial charge in [-0.3, -0.25) is 0 Å². The van der Waals surface area contributed by atoms with Gasteiger partial charge in [0.15, 0.2) is 0 Å². The molecule has 2 atom stereocenters. The second-order valence-electron chi connectivity index (χ2n) is 6.41. The summed E-state index contributed by atoms with van der Waals surface area (Å²) in [6.45, 7) is 9.03. The van der Waals surface area contributed by atoms with Crippen molar-refractivity contribution in [3.8, 4) is 5.75 Å². The fourth-order valence-electron chi connectivity index (χ4n) is 3.35. The predicted octanol–water partition coefficient (Wildman–Crippen LogP) is 5.96. The molecule has 0 N–H and O–H groups in total. The van der Waals surface area contributed by atoms with E-state index in [9.17, 15) is 0 Å². The zero-order valence-electron chi connectivity index (χ0n) is 14.4. The van der Waals surface area contributed by atoms with Crippen LogP contribution in [-0.4, -0.2) is 7.11 Å². The third-order valence-electron chi connectivity index (χ3n) is 5.00. The van der Waals surface area contributed by atoms with Crippen LogP contribution in [0.5, 0.6) is 5.75 Å². The van der Waals surface area contributed by atoms with Crippen LogP contribution < -0.4 is 4.74 Å². The Balaban J connectivity index is 1.94. The number of benzene rings is 1. The number of hydrogen-bond acceptors (Lipinski definition) is 1. The van der Waals surface area contributed by atoms with Crippen molar-refractivity contribution in [2.24, 2.45) is 11.8 Å². The van der Waals surface area contributed by atoms with Crippen LogP contribution in [0.25, 0.3) is 0 Å². The van der Waals surface area contributed by atoms with Crippen LogP contribution in [0.15, 0.2) is 48.1 Å². The summed E-state index contributed by atoms with van der Waals surface area (Å²) in [6, 6.07) is 8.45. The van der Waals surface area contributed by atoms with Crippen LogP contribution in [-0.2, 0) is 6.42 Å². The van der Waals surface area contributed by atoms with E-state index >= 15 is 0 Å². The average Bonchev–Trinajstić information content (AvgIpc) is 2.53. The lowest BCUT2D eigenvalue weighted by Gasteiger charge is -2.33. The van der Waals surface area contributed by atoms with Crippen LogP contribution in [0, 0.1) is 11.8 Å². The molecule has 1 aliphatic rings. The van der Waals surface area contributed by atoms with Crippen molar-refractivity contribution >= 4 is 0 Å². The third-order valence-corrected chi connectivity index (χ3v) is 5.00. The molecule has 1 heteroatoms. The van der Waals surface area contributed by atoms with Crippen LogP contribution in [0.2, 0.25) is 0 Å². The Morgan fingerprint density at radius 2 is 2.00 bits per heavy atom. The standard InChI is InChI=1S/C21H30O/c1-5-7-8-18(6-2)16(3)21-14-11-19(21)15-17-9-12-20(22-4)13-10-17/h9-13,18,21H,3,5-8,14-15H2,1-2,4H3. The van der Waals surface area contributed by atoms with Gasteiger partial charge in [0.25, 0.3) is 0 Å². The van der Waals surface area contributed by atoms with Crippen LogP contribution in [0.4, 0.5) is 0 Å². The topological polar surface area (TPSA) is 9.23 Å². The predicted molar refractivity (Wildman–Crippen MR) is 95.3 cm³/mol. The lowest BCUT2D eigenvalue weighted by Crippen LogP contribution is -2.21. The van der Waals surface area contributed by atoms with Gasteiger partial charge < -0.3 is 4.74 Å². The third kappa shape index (κ3) is 4.03. The molecular formula is C21H30O. The highest BCUT2D eigenvalue weighted by atomic mass is 16.5. The molecule has 0 radical (unpaired) electrons. The summed E-state index contributed by atoms with van der Waals surface area (Å²) in [5.74, 6) is 2.24. The summed E-state index contributed by atoms with van der Waals surface area (Å²) >= 11 is 0. The minimum Gasteiger partial charge on any atom is -0.497 e. The molecule has 0 spiro atoms. The largest absolute Gasteiger partial charge is 0.497 e. The summed E-state index contributed by atoms with van der Waals surface area (Å²) in [6.07, 6.45) is 9.77. The maximum Gasteiger partial charge on any atom is 0.118 e. The Hall–Kier alpha value is -1.50. The van der Waals surface area contributed by atoms with E-state index in [0.29, 0.717) is 11.8 Å². The van der Waals surface area contributed by atoms with Crippen molar-refractivity contribution < 1.29 is 4.74 Å². The van der Waals surface area contributed by atoms with Gasteiger partial charge in [-0.15, -0.1) is 0 Å². The van der Waals surface area contributed by atoms with Crippen molar-refractivity contribution in [1.82, 2.24) is 0 Å². The van der Waals surface area contributed by atoms with Gasteiger partial charge in [-0.2, -0.15) is 0 Å². The van der Waals surface area contributed by atoms with Gasteiger partial charge in [0.05, 0.1) is 7.11 Å². The highest BCUT2D eigenvalue weighted by Gasteiger charge is 2.27. The molecule has 120 valence electrons. The van der Waals surface area contributed by atoms with E-state index in [1.165, 1.54) is 43.2 Å². The molecule has 1 aromatic carbocycles. The van der Waals surface area contributed by atoms with E-state index in [4.69, 9.17) is 4.74 Å². The summed E-state index contributed by atoms with van der Waals surface area (Å²) in [5.41, 5.74) is 4.40. The molecule has 1 aromatic rings. The van der Waals surface area contributed by atoms with Crippen molar-refractivity contribution in [2.45, 2.75) is 52.4 Å².